The van der Waals surface area contributed by atoms with Crippen molar-refractivity contribution in [1.82, 2.24) is 0 Å². The van der Waals surface area contributed by atoms with Gasteiger partial charge in [0.1, 0.15) is 0 Å². The second-order valence-corrected chi connectivity index (χ2v) is 13.6. The fourth-order valence-electron chi connectivity index (χ4n) is 8.52. The van der Waals surface area contributed by atoms with Gasteiger partial charge in [0.2, 0.25) is 0 Å². The summed E-state index contributed by atoms with van der Waals surface area (Å²) < 4.78 is 0. The van der Waals surface area contributed by atoms with Crippen LogP contribution in [-0.2, 0) is 23.7 Å². The lowest BCUT2D eigenvalue weighted by Crippen LogP contribution is -2.34. The maximum Gasteiger partial charge on any atom is 0.0681 e. The van der Waals surface area contributed by atoms with Gasteiger partial charge in [-0.05, 0) is 94.3 Å². The van der Waals surface area contributed by atoms with E-state index in [1.54, 1.807) is 0 Å². The van der Waals surface area contributed by atoms with Gasteiger partial charge in [-0.3, -0.25) is 4.99 Å². The predicted octanol–water partition coefficient (Wildman–Crippen LogP) is 11.2. The third kappa shape index (κ3) is 4.83. The third-order valence-electron chi connectivity index (χ3n) is 10.6. The molecule has 2 nitrogen and oxygen atoms in total. The van der Waals surface area contributed by atoms with Gasteiger partial charge < -0.3 is 4.90 Å². The van der Waals surface area contributed by atoms with E-state index in [4.69, 9.17) is 4.99 Å². The van der Waals surface area contributed by atoms with Crippen molar-refractivity contribution in [2.75, 3.05) is 11.9 Å². The lowest BCUT2D eigenvalue weighted by atomic mass is 9.69. The quantitative estimate of drug-likeness (QED) is 0.155. The Kier molecular flexibility index (Phi) is 7.45. The molecule has 0 saturated heterocycles. The summed E-state index contributed by atoms with van der Waals surface area (Å²) in [6.45, 7) is 6.68. The minimum absolute atomic E-state index is 0.227. The van der Waals surface area contributed by atoms with Gasteiger partial charge in [-0.2, -0.15) is 0 Å². The van der Waals surface area contributed by atoms with Crippen LogP contribution in [0, 0.1) is 0 Å². The van der Waals surface area contributed by atoms with E-state index in [1.807, 2.05) is 0 Å². The smallest absolute Gasteiger partial charge is 0.0681 e. The highest BCUT2D eigenvalue weighted by molar-refractivity contribution is 6.13. The van der Waals surface area contributed by atoms with Crippen molar-refractivity contribution in [3.63, 3.8) is 0 Å². The number of allylic oxidation sites excluding steroid dienone is 5. The maximum absolute atomic E-state index is 5.38. The molecule has 2 heteroatoms. The Morgan fingerprint density at radius 2 is 1.25 bits per heavy atom. The van der Waals surface area contributed by atoms with E-state index in [2.05, 4.69) is 183 Å². The summed E-state index contributed by atoms with van der Waals surface area (Å²) in [6.07, 6.45) is 11.5. The van der Waals surface area contributed by atoms with Crippen LogP contribution in [0.15, 0.2) is 175 Å². The van der Waals surface area contributed by atoms with E-state index in [0.29, 0.717) is 0 Å². The van der Waals surface area contributed by atoms with Crippen molar-refractivity contribution in [3.05, 3.63) is 192 Å². The van der Waals surface area contributed by atoms with Crippen LogP contribution >= 0.6 is 0 Å². The first kappa shape index (κ1) is 29.9. The fourth-order valence-corrected chi connectivity index (χ4v) is 8.52. The Hall–Kier alpha value is -5.47. The Morgan fingerprint density at radius 1 is 0.667 bits per heavy atom. The van der Waals surface area contributed by atoms with Crippen LogP contribution in [0.25, 0.3) is 21.5 Å². The highest BCUT2D eigenvalue weighted by Gasteiger charge is 2.44. The van der Waals surface area contributed by atoms with Gasteiger partial charge in [-0.1, -0.05) is 133 Å². The number of benzene rings is 6. The molecular formula is C46H40N2. The van der Waals surface area contributed by atoms with E-state index in [-0.39, 0.29) is 10.8 Å². The molecule has 0 fully saturated rings. The number of aliphatic imine (C=N–C) groups is 1. The van der Waals surface area contributed by atoms with E-state index in [9.17, 15) is 0 Å². The molecule has 0 radical (unpaired) electrons. The molecule has 0 aromatic heterocycles. The number of hydrogen-bond donors (Lipinski definition) is 0. The van der Waals surface area contributed by atoms with E-state index in [1.165, 1.54) is 55.2 Å². The topological polar surface area (TPSA) is 15.6 Å². The van der Waals surface area contributed by atoms with Gasteiger partial charge in [0.15, 0.2) is 0 Å². The molecule has 6 aromatic rings. The molecule has 2 aliphatic rings. The van der Waals surface area contributed by atoms with Gasteiger partial charge in [0.05, 0.1) is 11.4 Å². The van der Waals surface area contributed by atoms with Crippen LogP contribution in [0.3, 0.4) is 0 Å². The minimum atomic E-state index is -0.331. The Bertz CT molecular complexity index is 2260. The van der Waals surface area contributed by atoms with Gasteiger partial charge in [0.25, 0.3) is 0 Å². The predicted molar refractivity (Wildman–Crippen MR) is 205 cm³/mol. The number of likely N-dealkylation sites (N-methyl/N-ethyl adjacent to an activating group) is 1. The average molecular weight is 621 g/mol. The zero-order valence-corrected chi connectivity index (χ0v) is 27.7. The molecule has 2 aliphatic heterocycles. The summed E-state index contributed by atoms with van der Waals surface area (Å²) in [7, 11) is 2.22. The zero-order valence-electron chi connectivity index (χ0n) is 27.7. The van der Waals surface area contributed by atoms with Crippen molar-refractivity contribution < 1.29 is 0 Å². The summed E-state index contributed by atoms with van der Waals surface area (Å²) in [5, 5.41) is 5.12. The first-order valence-corrected chi connectivity index (χ1v) is 17.0. The Morgan fingerprint density at radius 3 is 1.92 bits per heavy atom. The van der Waals surface area contributed by atoms with Crippen LogP contribution in [0.5, 0.6) is 0 Å². The number of nitrogens with zero attached hydrogens (tertiary/aromatic N) is 2. The van der Waals surface area contributed by atoms with Crippen LogP contribution in [0.2, 0.25) is 0 Å². The van der Waals surface area contributed by atoms with Gasteiger partial charge in [-0.15, -0.1) is 6.58 Å². The van der Waals surface area contributed by atoms with Crippen molar-refractivity contribution >= 4 is 38.6 Å². The first-order chi connectivity index (χ1) is 23.5. The zero-order chi connectivity index (χ0) is 32.7. The van der Waals surface area contributed by atoms with Gasteiger partial charge >= 0.3 is 0 Å². The van der Waals surface area contributed by atoms with Crippen molar-refractivity contribution in [2.24, 2.45) is 4.99 Å². The van der Waals surface area contributed by atoms with Crippen LogP contribution < -0.4 is 4.90 Å². The highest BCUT2D eigenvalue weighted by Crippen LogP contribution is 2.52. The van der Waals surface area contributed by atoms with Crippen LogP contribution in [0.4, 0.5) is 11.4 Å². The average Bonchev–Trinajstić information content (AvgIpc) is 3.53. The number of anilines is 1. The fraction of sp³-hybridized carbons (Fsp3) is 0.152. The number of hydrogen-bond acceptors (Lipinski definition) is 2. The number of rotatable bonds is 8. The normalized spacial score (nSPS) is 20.8. The number of fused-ring (bicyclic) bond motifs is 6. The summed E-state index contributed by atoms with van der Waals surface area (Å²) >= 11 is 0. The summed E-state index contributed by atoms with van der Waals surface area (Å²) in [5.74, 6) is 0. The van der Waals surface area contributed by atoms with E-state index >= 15 is 0 Å². The Labute approximate surface area is 284 Å². The molecule has 0 spiro atoms. The largest absolute Gasteiger partial charge is 0.347 e. The third-order valence-corrected chi connectivity index (χ3v) is 10.6. The monoisotopic (exact) mass is 620 g/mol. The molecule has 2 unspecified atom stereocenters. The first-order valence-electron chi connectivity index (χ1n) is 17.0. The molecule has 234 valence electrons. The minimum Gasteiger partial charge on any atom is -0.347 e. The molecule has 0 bridgehead atoms. The lowest BCUT2D eigenvalue weighted by molar-refractivity contribution is 0.571. The summed E-state index contributed by atoms with van der Waals surface area (Å²) in [4.78, 5) is 7.77. The van der Waals surface area contributed by atoms with Crippen molar-refractivity contribution in [2.45, 2.75) is 37.0 Å². The van der Waals surface area contributed by atoms with E-state index < -0.39 is 0 Å². The molecule has 0 N–H and O–H groups in total. The molecule has 8 rings (SSSR count). The standard InChI is InChI=1S/C46H40N2/c1-4-30-46(32-34-18-9-6-10-19-34)41(47-39-28-26-35-20-11-13-22-37(35)43(39)46)24-15-25-42-45(2,31-33-16-7-5-8-17-33)44-38-23-14-12-21-36(38)27-29-40(44)48(42)3/h4-29H,1,30-32H2,2-3H3/b24-15+,42-25+. The Balaban J connectivity index is 1.27. The summed E-state index contributed by atoms with van der Waals surface area (Å²) in [6, 6.07) is 48.2. The van der Waals surface area contributed by atoms with Gasteiger partial charge in [0, 0.05) is 29.3 Å². The second-order valence-electron chi connectivity index (χ2n) is 13.6. The SMILES string of the molecule is C=CCC1(Cc2ccccc2)C(/C=C/C=C2/N(C)c3ccc4ccccc4c3C2(C)Cc2ccccc2)=Nc2ccc3ccccc3c21. The maximum atomic E-state index is 5.38. The molecule has 0 amide bonds. The molecule has 0 aliphatic carbocycles. The van der Waals surface area contributed by atoms with Crippen molar-refractivity contribution in [1.29, 1.82) is 0 Å². The molecule has 6 aromatic carbocycles. The molecule has 2 atom stereocenters. The second kappa shape index (κ2) is 12.0. The van der Waals surface area contributed by atoms with Crippen LogP contribution in [0.1, 0.15) is 35.6 Å². The molecule has 0 saturated carbocycles. The molecule has 48 heavy (non-hydrogen) atoms. The van der Waals surface area contributed by atoms with E-state index in [0.717, 1.165) is 30.7 Å². The lowest BCUT2D eigenvalue weighted by Gasteiger charge is -2.32. The van der Waals surface area contributed by atoms with Crippen LogP contribution in [-0.4, -0.2) is 12.8 Å². The van der Waals surface area contributed by atoms with Crippen molar-refractivity contribution in [3.8, 4) is 0 Å². The summed E-state index contributed by atoms with van der Waals surface area (Å²) in [5.41, 5.74) is 9.48. The van der Waals surface area contributed by atoms with Gasteiger partial charge in [-0.25, -0.2) is 0 Å². The molecular weight excluding hydrogens is 581 g/mol. The highest BCUT2D eigenvalue weighted by atomic mass is 15.2. The molecule has 2 heterocycles.